The van der Waals surface area contributed by atoms with Gasteiger partial charge in [-0.05, 0) is 37.3 Å². The van der Waals surface area contributed by atoms with Gasteiger partial charge in [0.2, 0.25) is 0 Å². The standard InChI is InChI=1S/C20H19N3O5/c1-12(18(24)21-13-8-10-14(27-3)11-9-13)28-20(26)17-15-6-4-5-7-16(15)19(25)23(2)22-17/h4-12H,1-3H3,(H,21,24)/t12-/m0/s1. The summed E-state index contributed by atoms with van der Waals surface area (Å²) in [6.45, 7) is 1.46. The molecule has 1 aromatic heterocycles. The smallest absolute Gasteiger partial charge is 0.360 e. The summed E-state index contributed by atoms with van der Waals surface area (Å²) in [6, 6.07) is 13.4. The number of anilines is 1. The molecule has 8 heteroatoms. The van der Waals surface area contributed by atoms with Crippen LogP contribution in [0.5, 0.6) is 5.75 Å². The molecule has 0 aliphatic carbocycles. The van der Waals surface area contributed by atoms with Crippen molar-refractivity contribution in [3.8, 4) is 5.75 Å². The summed E-state index contributed by atoms with van der Waals surface area (Å²) in [6.07, 6.45) is -1.06. The van der Waals surface area contributed by atoms with Crippen LogP contribution in [0.1, 0.15) is 17.4 Å². The highest BCUT2D eigenvalue weighted by Gasteiger charge is 2.23. The van der Waals surface area contributed by atoms with Crippen molar-refractivity contribution in [3.05, 3.63) is 64.6 Å². The molecule has 2 aromatic carbocycles. The van der Waals surface area contributed by atoms with Crippen molar-refractivity contribution >= 4 is 28.3 Å². The Morgan fingerprint density at radius 1 is 1.07 bits per heavy atom. The van der Waals surface area contributed by atoms with E-state index in [9.17, 15) is 14.4 Å². The highest BCUT2D eigenvalue weighted by molar-refractivity contribution is 6.03. The Balaban J connectivity index is 1.77. The van der Waals surface area contributed by atoms with Crippen LogP contribution in [0.3, 0.4) is 0 Å². The number of carbonyl (C=O) groups is 2. The minimum atomic E-state index is -1.06. The average Bonchev–Trinajstić information content (AvgIpc) is 2.71. The first-order valence-corrected chi connectivity index (χ1v) is 8.52. The number of nitrogens with zero attached hydrogens (tertiary/aromatic N) is 2. The van der Waals surface area contributed by atoms with E-state index in [1.54, 1.807) is 55.6 Å². The molecular formula is C20H19N3O5. The Kier molecular flexibility index (Phi) is 5.39. The van der Waals surface area contributed by atoms with Crippen LogP contribution in [0, 0.1) is 0 Å². The molecule has 0 bridgehead atoms. The molecule has 0 spiro atoms. The number of fused-ring (bicyclic) bond motifs is 1. The number of hydrogen-bond acceptors (Lipinski definition) is 6. The molecule has 8 nitrogen and oxygen atoms in total. The van der Waals surface area contributed by atoms with Crippen LogP contribution in [0.15, 0.2) is 53.3 Å². The Bertz CT molecular complexity index is 1090. The Morgan fingerprint density at radius 2 is 1.71 bits per heavy atom. The van der Waals surface area contributed by atoms with Gasteiger partial charge in [-0.2, -0.15) is 5.10 Å². The summed E-state index contributed by atoms with van der Waals surface area (Å²) in [5.41, 5.74) is 0.193. The van der Waals surface area contributed by atoms with Crippen LogP contribution in [0.4, 0.5) is 5.69 Å². The van der Waals surface area contributed by atoms with Crippen LogP contribution in [-0.2, 0) is 16.6 Å². The number of carbonyl (C=O) groups excluding carboxylic acids is 2. The van der Waals surface area contributed by atoms with E-state index in [2.05, 4.69) is 10.4 Å². The van der Waals surface area contributed by atoms with Crippen LogP contribution in [-0.4, -0.2) is 34.9 Å². The van der Waals surface area contributed by atoms with Gasteiger partial charge in [-0.1, -0.05) is 18.2 Å². The number of methoxy groups -OCH3 is 1. The summed E-state index contributed by atoms with van der Waals surface area (Å²) >= 11 is 0. The van der Waals surface area contributed by atoms with E-state index in [4.69, 9.17) is 9.47 Å². The van der Waals surface area contributed by atoms with Crippen molar-refractivity contribution in [2.75, 3.05) is 12.4 Å². The largest absolute Gasteiger partial charge is 0.497 e. The summed E-state index contributed by atoms with van der Waals surface area (Å²) in [5.74, 6) is -0.623. The van der Waals surface area contributed by atoms with E-state index in [0.29, 0.717) is 22.2 Å². The lowest BCUT2D eigenvalue weighted by Gasteiger charge is -2.14. The van der Waals surface area contributed by atoms with E-state index < -0.39 is 18.0 Å². The van der Waals surface area contributed by atoms with Gasteiger partial charge in [0, 0.05) is 18.1 Å². The molecule has 3 rings (SSSR count). The number of hydrogen-bond donors (Lipinski definition) is 1. The molecular weight excluding hydrogens is 362 g/mol. The molecule has 144 valence electrons. The first kappa shape index (κ1) is 19.1. The average molecular weight is 381 g/mol. The van der Waals surface area contributed by atoms with Gasteiger partial charge in [0.1, 0.15) is 5.75 Å². The van der Waals surface area contributed by atoms with Crippen molar-refractivity contribution in [1.29, 1.82) is 0 Å². The Morgan fingerprint density at radius 3 is 2.36 bits per heavy atom. The molecule has 0 radical (unpaired) electrons. The molecule has 0 aliphatic rings. The molecule has 0 aliphatic heterocycles. The summed E-state index contributed by atoms with van der Waals surface area (Å²) in [5, 5.41) is 7.38. The SMILES string of the molecule is COc1ccc(NC(=O)[C@H](C)OC(=O)c2nn(C)c(=O)c3ccccc23)cc1. The molecule has 0 fully saturated rings. The fourth-order valence-corrected chi connectivity index (χ4v) is 2.64. The zero-order valence-corrected chi connectivity index (χ0v) is 15.6. The van der Waals surface area contributed by atoms with E-state index in [-0.39, 0.29) is 11.3 Å². The number of nitrogens with one attached hydrogen (secondary N) is 1. The molecule has 28 heavy (non-hydrogen) atoms. The Labute approximate surface area is 160 Å². The van der Waals surface area contributed by atoms with Gasteiger partial charge in [0.25, 0.3) is 11.5 Å². The second kappa shape index (κ2) is 7.91. The number of rotatable bonds is 5. The van der Waals surface area contributed by atoms with Gasteiger partial charge >= 0.3 is 5.97 Å². The number of aryl methyl sites for hydroxylation is 1. The highest BCUT2D eigenvalue weighted by atomic mass is 16.5. The predicted octanol–water partition coefficient (Wildman–Crippen LogP) is 2.13. The molecule has 0 saturated carbocycles. The summed E-state index contributed by atoms with van der Waals surface area (Å²) in [7, 11) is 3.00. The third-order valence-corrected chi connectivity index (χ3v) is 4.16. The molecule has 0 unspecified atom stereocenters. The van der Waals surface area contributed by atoms with Gasteiger partial charge in [0.05, 0.1) is 12.5 Å². The monoisotopic (exact) mass is 381 g/mol. The third-order valence-electron chi connectivity index (χ3n) is 4.16. The number of esters is 1. The topological polar surface area (TPSA) is 99.5 Å². The van der Waals surface area contributed by atoms with Gasteiger partial charge < -0.3 is 14.8 Å². The van der Waals surface area contributed by atoms with E-state index in [0.717, 1.165) is 4.68 Å². The van der Waals surface area contributed by atoms with Crippen molar-refractivity contribution in [2.24, 2.45) is 7.05 Å². The second-order valence-corrected chi connectivity index (χ2v) is 6.09. The van der Waals surface area contributed by atoms with Gasteiger partial charge in [0.15, 0.2) is 11.8 Å². The zero-order chi connectivity index (χ0) is 20.3. The fourth-order valence-electron chi connectivity index (χ4n) is 2.64. The van der Waals surface area contributed by atoms with Crippen LogP contribution >= 0.6 is 0 Å². The summed E-state index contributed by atoms with van der Waals surface area (Å²) in [4.78, 5) is 37.1. The zero-order valence-electron chi connectivity index (χ0n) is 15.6. The third kappa shape index (κ3) is 3.85. The van der Waals surface area contributed by atoms with Crippen molar-refractivity contribution in [2.45, 2.75) is 13.0 Å². The first-order valence-electron chi connectivity index (χ1n) is 8.52. The maximum Gasteiger partial charge on any atom is 0.360 e. The molecule has 0 saturated heterocycles. The van der Waals surface area contributed by atoms with Crippen molar-refractivity contribution < 1.29 is 19.1 Å². The lowest BCUT2D eigenvalue weighted by Crippen LogP contribution is -2.31. The quantitative estimate of drug-likeness (QED) is 0.680. The first-order chi connectivity index (χ1) is 13.4. The summed E-state index contributed by atoms with van der Waals surface area (Å²) < 4.78 is 11.4. The minimum absolute atomic E-state index is 0.0261. The predicted molar refractivity (Wildman–Crippen MR) is 103 cm³/mol. The Hall–Kier alpha value is -3.68. The lowest BCUT2D eigenvalue weighted by atomic mass is 10.1. The molecule has 3 aromatic rings. The maximum atomic E-state index is 12.6. The molecule has 1 heterocycles. The number of ether oxygens (including phenoxy) is 2. The number of aromatic nitrogens is 2. The second-order valence-electron chi connectivity index (χ2n) is 6.09. The fraction of sp³-hybridized carbons (Fsp3) is 0.200. The molecule has 1 N–H and O–H groups in total. The lowest BCUT2D eigenvalue weighted by molar-refractivity contribution is -0.123. The van der Waals surface area contributed by atoms with Crippen molar-refractivity contribution in [3.63, 3.8) is 0 Å². The number of benzene rings is 2. The van der Waals surface area contributed by atoms with Gasteiger partial charge in [-0.15, -0.1) is 0 Å². The van der Waals surface area contributed by atoms with Crippen molar-refractivity contribution in [1.82, 2.24) is 9.78 Å². The van der Waals surface area contributed by atoms with E-state index in [1.165, 1.54) is 14.0 Å². The molecule has 1 amide bonds. The van der Waals surface area contributed by atoms with E-state index in [1.807, 2.05) is 0 Å². The van der Waals surface area contributed by atoms with Crippen LogP contribution < -0.4 is 15.6 Å². The highest BCUT2D eigenvalue weighted by Crippen LogP contribution is 2.17. The maximum absolute atomic E-state index is 12.6. The normalized spacial score (nSPS) is 11.7. The van der Waals surface area contributed by atoms with Crippen LogP contribution in [0.2, 0.25) is 0 Å². The van der Waals surface area contributed by atoms with Gasteiger partial charge in [-0.25, -0.2) is 9.48 Å². The van der Waals surface area contributed by atoms with E-state index >= 15 is 0 Å². The number of amides is 1. The minimum Gasteiger partial charge on any atom is -0.497 e. The van der Waals surface area contributed by atoms with Gasteiger partial charge in [-0.3, -0.25) is 9.59 Å². The molecule has 1 atom stereocenters. The van der Waals surface area contributed by atoms with Crippen LogP contribution in [0.25, 0.3) is 10.8 Å².